The molecule has 1 aromatic rings. The number of ether oxygens (including phenoxy) is 1. The molecule has 5 heteroatoms. The lowest BCUT2D eigenvalue weighted by atomic mass is 10.3. The van der Waals surface area contributed by atoms with Gasteiger partial charge in [-0.1, -0.05) is 18.7 Å². The SMILES string of the molecule is C=C(C)C(=O)Oc1ccccc1NC(N)=O. The molecule has 0 fully saturated rings. The molecule has 0 radical (unpaired) electrons. The first-order valence-corrected chi connectivity index (χ1v) is 4.54. The highest BCUT2D eigenvalue weighted by Crippen LogP contribution is 2.24. The van der Waals surface area contributed by atoms with Gasteiger partial charge in [0.15, 0.2) is 5.75 Å². The lowest BCUT2D eigenvalue weighted by Gasteiger charge is -2.09. The first kappa shape index (κ1) is 11.8. The standard InChI is InChI=1S/C11H12N2O3/c1-7(2)10(14)16-9-6-4-3-5-8(9)13-11(12)15/h3-6H,1H2,2H3,(H3,12,13,15). The lowest BCUT2D eigenvalue weighted by Crippen LogP contribution is -2.20. The second kappa shape index (κ2) is 4.97. The average molecular weight is 220 g/mol. The van der Waals surface area contributed by atoms with Crippen molar-refractivity contribution in [2.24, 2.45) is 5.73 Å². The molecule has 0 aromatic heterocycles. The lowest BCUT2D eigenvalue weighted by molar-refractivity contribution is -0.130. The average Bonchev–Trinajstić information content (AvgIpc) is 2.20. The second-order valence-electron chi connectivity index (χ2n) is 3.16. The van der Waals surface area contributed by atoms with Crippen molar-refractivity contribution in [2.75, 3.05) is 5.32 Å². The fourth-order valence-corrected chi connectivity index (χ4v) is 0.979. The Balaban J connectivity index is 2.90. The Labute approximate surface area is 92.9 Å². The summed E-state index contributed by atoms with van der Waals surface area (Å²) >= 11 is 0. The minimum atomic E-state index is -0.723. The Bertz CT molecular complexity index is 441. The highest BCUT2D eigenvalue weighted by atomic mass is 16.5. The normalized spacial score (nSPS) is 9.31. The summed E-state index contributed by atoms with van der Waals surface area (Å²) in [4.78, 5) is 22.0. The number of rotatable bonds is 3. The highest BCUT2D eigenvalue weighted by molar-refractivity contribution is 5.93. The molecule has 0 spiro atoms. The Hall–Kier alpha value is -2.30. The molecule has 84 valence electrons. The van der Waals surface area contributed by atoms with Crippen LogP contribution in [0.15, 0.2) is 36.4 Å². The minimum absolute atomic E-state index is 0.231. The molecule has 0 saturated heterocycles. The van der Waals surface area contributed by atoms with Crippen LogP contribution >= 0.6 is 0 Å². The number of nitrogens with one attached hydrogen (secondary N) is 1. The number of nitrogens with two attached hydrogens (primary N) is 1. The number of esters is 1. The van der Waals surface area contributed by atoms with Crippen molar-refractivity contribution in [3.8, 4) is 5.75 Å². The number of primary amides is 1. The zero-order valence-corrected chi connectivity index (χ0v) is 8.82. The number of carbonyl (C=O) groups excluding carboxylic acids is 2. The Morgan fingerprint density at radius 3 is 2.56 bits per heavy atom. The zero-order chi connectivity index (χ0) is 12.1. The van der Waals surface area contributed by atoms with Gasteiger partial charge in [-0.05, 0) is 19.1 Å². The van der Waals surface area contributed by atoms with Crippen LogP contribution < -0.4 is 15.8 Å². The van der Waals surface area contributed by atoms with Crippen LogP contribution in [0.3, 0.4) is 0 Å². The van der Waals surface area contributed by atoms with Crippen molar-refractivity contribution in [3.05, 3.63) is 36.4 Å². The zero-order valence-electron chi connectivity index (χ0n) is 8.82. The summed E-state index contributed by atoms with van der Waals surface area (Å²) in [7, 11) is 0. The topological polar surface area (TPSA) is 81.4 Å². The van der Waals surface area contributed by atoms with Gasteiger partial charge in [-0.25, -0.2) is 9.59 Å². The number of para-hydroxylation sites is 2. The van der Waals surface area contributed by atoms with Crippen LogP contribution in [-0.4, -0.2) is 12.0 Å². The summed E-state index contributed by atoms with van der Waals surface area (Å²) in [5.74, 6) is -0.326. The van der Waals surface area contributed by atoms with Gasteiger partial charge in [0.1, 0.15) is 0 Å². The fourth-order valence-electron chi connectivity index (χ4n) is 0.979. The molecule has 0 bridgehead atoms. The molecule has 0 aliphatic heterocycles. The van der Waals surface area contributed by atoms with Crippen molar-refractivity contribution in [1.82, 2.24) is 0 Å². The molecule has 1 aromatic carbocycles. The van der Waals surface area contributed by atoms with Crippen LogP contribution in [0.1, 0.15) is 6.92 Å². The molecule has 0 saturated carbocycles. The van der Waals surface area contributed by atoms with Crippen molar-refractivity contribution in [3.63, 3.8) is 0 Å². The molecule has 1 rings (SSSR count). The molecule has 0 unspecified atom stereocenters. The maximum atomic E-state index is 11.3. The first-order chi connectivity index (χ1) is 7.50. The number of benzene rings is 1. The largest absolute Gasteiger partial charge is 0.421 e. The van der Waals surface area contributed by atoms with Gasteiger partial charge in [0, 0.05) is 5.57 Å². The number of urea groups is 1. The van der Waals surface area contributed by atoms with Gasteiger partial charge in [0.2, 0.25) is 0 Å². The molecule has 3 N–H and O–H groups in total. The van der Waals surface area contributed by atoms with E-state index in [0.29, 0.717) is 5.69 Å². The van der Waals surface area contributed by atoms with Crippen LogP contribution in [-0.2, 0) is 4.79 Å². The van der Waals surface area contributed by atoms with Crippen molar-refractivity contribution >= 4 is 17.7 Å². The first-order valence-electron chi connectivity index (χ1n) is 4.54. The van der Waals surface area contributed by atoms with E-state index in [1.165, 1.54) is 6.92 Å². The van der Waals surface area contributed by atoms with Crippen LogP contribution in [0.5, 0.6) is 5.75 Å². The number of hydrogen-bond acceptors (Lipinski definition) is 3. The summed E-state index contributed by atoms with van der Waals surface area (Å²) in [6.45, 7) is 4.99. The summed E-state index contributed by atoms with van der Waals surface area (Å²) in [6.07, 6.45) is 0. The third kappa shape index (κ3) is 3.13. The van der Waals surface area contributed by atoms with Crippen LogP contribution in [0.2, 0.25) is 0 Å². The van der Waals surface area contributed by atoms with Crippen LogP contribution in [0, 0.1) is 0 Å². The molecule has 5 nitrogen and oxygen atoms in total. The third-order valence-electron chi connectivity index (χ3n) is 1.70. The summed E-state index contributed by atoms with van der Waals surface area (Å²) in [5.41, 5.74) is 5.59. The quantitative estimate of drug-likeness (QED) is 0.461. The second-order valence-corrected chi connectivity index (χ2v) is 3.16. The van der Waals surface area contributed by atoms with Crippen molar-refractivity contribution < 1.29 is 14.3 Å². The molecule has 16 heavy (non-hydrogen) atoms. The summed E-state index contributed by atoms with van der Waals surface area (Å²) in [5, 5.41) is 2.35. The van der Waals surface area contributed by atoms with Crippen LogP contribution in [0.25, 0.3) is 0 Å². The van der Waals surface area contributed by atoms with E-state index in [2.05, 4.69) is 11.9 Å². The third-order valence-corrected chi connectivity index (χ3v) is 1.70. The van der Waals surface area contributed by atoms with Gasteiger partial charge in [-0.2, -0.15) is 0 Å². The summed E-state index contributed by atoms with van der Waals surface area (Å²) in [6, 6.07) is 5.76. The van der Waals surface area contributed by atoms with E-state index in [1.54, 1.807) is 24.3 Å². The molecule has 0 aliphatic rings. The molecule has 0 heterocycles. The predicted molar refractivity (Wildman–Crippen MR) is 60.1 cm³/mol. The minimum Gasteiger partial charge on any atom is -0.421 e. The maximum Gasteiger partial charge on any atom is 0.338 e. The Morgan fingerprint density at radius 1 is 1.38 bits per heavy atom. The van der Waals surface area contributed by atoms with Crippen molar-refractivity contribution in [1.29, 1.82) is 0 Å². The molecule has 2 amide bonds. The Kier molecular flexibility index (Phi) is 3.66. The molecule has 0 atom stereocenters. The number of hydrogen-bond donors (Lipinski definition) is 2. The van der Waals surface area contributed by atoms with Gasteiger partial charge < -0.3 is 15.8 Å². The molecular weight excluding hydrogens is 208 g/mol. The van der Waals surface area contributed by atoms with Gasteiger partial charge in [0.25, 0.3) is 0 Å². The van der Waals surface area contributed by atoms with E-state index < -0.39 is 12.0 Å². The van der Waals surface area contributed by atoms with Gasteiger partial charge in [-0.15, -0.1) is 0 Å². The van der Waals surface area contributed by atoms with Crippen molar-refractivity contribution in [2.45, 2.75) is 6.92 Å². The summed E-state index contributed by atoms with van der Waals surface area (Å²) < 4.78 is 5.00. The Morgan fingerprint density at radius 2 is 2.00 bits per heavy atom. The molecular formula is C11H12N2O3. The van der Waals surface area contributed by atoms with Crippen LogP contribution in [0.4, 0.5) is 10.5 Å². The number of carbonyl (C=O) groups is 2. The van der Waals surface area contributed by atoms with Gasteiger partial charge in [-0.3, -0.25) is 0 Å². The van der Waals surface area contributed by atoms with E-state index in [4.69, 9.17) is 10.5 Å². The number of anilines is 1. The van der Waals surface area contributed by atoms with E-state index in [0.717, 1.165) is 0 Å². The van der Waals surface area contributed by atoms with E-state index in [-0.39, 0.29) is 11.3 Å². The fraction of sp³-hybridized carbons (Fsp3) is 0.0909. The van der Waals surface area contributed by atoms with E-state index in [1.807, 2.05) is 0 Å². The molecule has 0 aliphatic carbocycles. The number of amides is 2. The predicted octanol–water partition coefficient (Wildman–Crippen LogP) is 1.66. The van der Waals surface area contributed by atoms with Gasteiger partial charge in [0.05, 0.1) is 5.69 Å². The maximum absolute atomic E-state index is 11.3. The van der Waals surface area contributed by atoms with Gasteiger partial charge >= 0.3 is 12.0 Å². The monoisotopic (exact) mass is 220 g/mol. The van der Waals surface area contributed by atoms with E-state index >= 15 is 0 Å². The van der Waals surface area contributed by atoms with E-state index in [9.17, 15) is 9.59 Å². The highest BCUT2D eigenvalue weighted by Gasteiger charge is 2.10. The smallest absolute Gasteiger partial charge is 0.338 e.